The molecule has 3 aromatic rings. The number of phosphoric ester groups is 1. The molecule has 0 saturated carbocycles. The Morgan fingerprint density at radius 1 is 1.13 bits per heavy atom. The minimum absolute atomic E-state index is 0.0110. The highest BCUT2D eigenvalue weighted by Crippen LogP contribution is 2.37. The van der Waals surface area contributed by atoms with Crippen molar-refractivity contribution in [3.05, 3.63) is 35.9 Å². The Bertz CT molecular complexity index is 1040. The lowest BCUT2D eigenvalue weighted by molar-refractivity contribution is 0.192. The molecule has 4 N–H and O–H groups in total. The maximum absolute atomic E-state index is 10.8. The third-order valence-electron chi connectivity index (χ3n) is 5.31. The lowest BCUT2D eigenvalue weighted by Gasteiger charge is -2.16. The van der Waals surface area contributed by atoms with Gasteiger partial charge in [-0.2, -0.15) is 0 Å². The van der Waals surface area contributed by atoms with Crippen molar-refractivity contribution in [1.29, 1.82) is 0 Å². The molecule has 0 spiro atoms. The highest BCUT2D eigenvalue weighted by atomic mass is 32.1. The van der Waals surface area contributed by atoms with Gasteiger partial charge in [-0.15, -0.1) is 0 Å². The number of aromatic nitrogens is 1. The number of nitrogens with zero attached hydrogens (tertiary/aromatic N) is 1. The Morgan fingerprint density at radius 3 is 2.71 bits per heavy atom. The lowest BCUT2D eigenvalue weighted by atomic mass is 9.92. The first kappa shape index (κ1) is 24.1. The number of unbranched alkanes of at least 4 members (excludes halogenated alkanes) is 3. The van der Waals surface area contributed by atoms with Gasteiger partial charge in [-0.25, -0.2) is 9.55 Å². The number of nitrogens with two attached hydrogens (primary N) is 1. The minimum Gasteiger partial charge on any atom is -0.470 e. The summed E-state index contributed by atoms with van der Waals surface area (Å²) in [6.45, 7) is 3.37. The van der Waals surface area contributed by atoms with Crippen molar-refractivity contribution in [2.45, 2.75) is 51.4 Å². The van der Waals surface area contributed by atoms with E-state index in [0.717, 1.165) is 33.0 Å². The van der Waals surface area contributed by atoms with Crippen LogP contribution in [0.1, 0.15) is 56.9 Å². The fourth-order valence-electron chi connectivity index (χ4n) is 3.65. The molecule has 9 heteroatoms. The number of benzene rings is 2. The van der Waals surface area contributed by atoms with Gasteiger partial charge in [-0.3, -0.25) is 4.52 Å². The number of hydrogen-bond acceptors (Lipinski definition) is 6. The highest BCUT2D eigenvalue weighted by Gasteiger charge is 2.16. The van der Waals surface area contributed by atoms with Crippen LogP contribution in [0.3, 0.4) is 0 Å². The van der Waals surface area contributed by atoms with Crippen molar-refractivity contribution in [2.75, 3.05) is 19.8 Å². The summed E-state index contributed by atoms with van der Waals surface area (Å²) in [6.07, 6.45) is 5.89. The van der Waals surface area contributed by atoms with E-state index < -0.39 is 7.82 Å². The van der Waals surface area contributed by atoms with Crippen LogP contribution in [-0.4, -0.2) is 34.5 Å². The van der Waals surface area contributed by atoms with E-state index in [1.165, 1.54) is 19.3 Å². The Hall–Kier alpha value is -1.54. The Kier molecular flexibility index (Phi) is 8.84. The van der Waals surface area contributed by atoms with Crippen LogP contribution in [0.2, 0.25) is 0 Å². The van der Waals surface area contributed by atoms with E-state index in [9.17, 15) is 4.57 Å². The molecule has 0 amide bonds. The predicted molar refractivity (Wildman–Crippen MR) is 126 cm³/mol. The third kappa shape index (κ3) is 6.97. The van der Waals surface area contributed by atoms with E-state index in [4.69, 9.17) is 20.3 Å². The van der Waals surface area contributed by atoms with Crippen LogP contribution in [0.25, 0.3) is 21.0 Å². The molecule has 0 saturated heterocycles. The molecule has 1 atom stereocenters. The Labute approximate surface area is 186 Å². The molecule has 0 fully saturated rings. The first-order valence-corrected chi connectivity index (χ1v) is 13.1. The smallest absolute Gasteiger partial charge is 0.469 e. The van der Waals surface area contributed by atoms with Crippen LogP contribution in [0.4, 0.5) is 0 Å². The summed E-state index contributed by atoms with van der Waals surface area (Å²) in [7, 11) is -4.42. The summed E-state index contributed by atoms with van der Waals surface area (Å²) in [6, 6.07) is 10.4. The summed E-state index contributed by atoms with van der Waals surface area (Å²) in [5.41, 5.74) is 8.03. The van der Waals surface area contributed by atoms with Gasteiger partial charge in [0, 0.05) is 5.39 Å². The quantitative estimate of drug-likeness (QED) is 0.230. The fourth-order valence-corrected chi connectivity index (χ4v) is 4.99. The van der Waals surface area contributed by atoms with Gasteiger partial charge in [-0.05, 0) is 48.7 Å². The van der Waals surface area contributed by atoms with Gasteiger partial charge < -0.3 is 20.3 Å². The summed E-state index contributed by atoms with van der Waals surface area (Å²) in [4.78, 5) is 22.2. The van der Waals surface area contributed by atoms with E-state index in [0.29, 0.717) is 31.2 Å². The largest absolute Gasteiger partial charge is 0.470 e. The molecule has 0 aliphatic heterocycles. The molecule has 2 aromatic carbocycles. The van der Waals surface area contributed by atoms with Crippen molar-refractivity contribution in [3.63, 3.8) is 0 Å². The first-order chi connectivity index (χ1) is 14.9. The van der Waals surface area contributed by atoms with Crippen LogP contribution in [0.15, 0.2) is 30.3 Å². The molecule has 0 bridgehead atoms. The van der Waals surface area contributed by atoms with Gasteiger partial charge in [0.05, 0.1) is 23.4 Å². The molecule has 1 heterocycles. The van der Waals surface area contributed by atoms with Gasteiger partial charge in [-0.1, -0.05) is 61.8 Å². The van der Waals surface area contributed by atoms with E-state index in [2.05, 4.69) is 40.7 Å². The summed E-state index contributed by atoms with van der Waals surface area (Å²) >= 11 is 1.58. The molecule has 0 unspecified atom stereocenters. The number of fused-ring (bicyclic) bond motifs is 3. The maximum atomic E-state index is 10.8. The fraction of sp³-hybridized carbons (Fsp3) is 0.500. The van der Waals surface area contributed by atoms with Gasteiger partial charge in [0.25, 0.3) is 5.19 Å². The van der Waals surface area contributed by atoms with Crippen molar-refractivity contribution in [3.8, 4) is 5.19 Å². The Morgan fingerprint density at radius 2 is 1.97 bits per heavy atom. The number of thiazole rings is 1. The van der Waals surface area contributed by atoms with Crippen LogP contribution in [-0.2, 0) is 9.09 Å². The molecule has 1 aromatic heterocycles. The SMILES string of the molecule is CCCCCCOc1nc2ccc3cc([C@H](CN)CCCOP(=O)(O)O)ccc3c2s1. The average Bonchev–Trinajstić information content (AvgIpc) is 3.16. The van der Waals surface area contributed by atoms with Crippen LogP contribution in [0, 0.1) is 0 Å². The molecule has 3 rings (SSSR count). The van der Waals surface area contributed by atoms with Crippen LogP contribution >= 0.6 is 19.2 Å². The Balaban J connectivity index is 1.69. The standard InChI is InChI=1S/C22H31N2O5PS/c1-2-3-4-5-12-28-22-24-20-11-9-17-14-16(8-10-19(17)21(20)31-22)18(15-23)7-6-13-29-30(25,26)27/h8-11,14,18H,2-7,12-13,15,23H2,1H3,(H2,25,26,27)/t18-/m0/s1. The van der Waals surface area contributed by atoms with Crippen molar-refractivity contribution < 1.29 is 23.6 Å². The van der Waals surface area contributed by atoms with E-state index in [1.54, 1.807) is 11.3 Å². The first-order valence-electron chi connectivity index (χ1n) is 10.8. The second-order valence-electron chi connectivity index (χ2n) is 7.68. The summed E-state index contributed by atoms with van der Waals surface area (Å²) in [5, 5.41) is 2.97. The van der Waals surface area contributed by atoms with Gasteiger partial charge >= 0.3 is 7.82 Å². The average molecular weight is 467 g/mol. The number of rotatable bonds is 13. The molecule has 31 heavy (non-hydrogen) atoms. The second kappa shape index (κ2) is 11.4. The molecule has 0 radical (unpaired) electrons. The molecule has 170 valence electrons. The van der Waals surface area contributed by atoms with Gasteiger partial charge in [0.2, 0.25) is 0 Å². The normalized spacial score (nSPS) is 13.2. The van der Waals surface area contributed by atoms with Crippen molar-refractivity contribution in [2.24, 2.45) is 5.73 Å². The number of phosphoric acid groups is 1. The van der Waals surface area contributed by atoms with Crippen LogP contribution in [0.5, 0.6) is 5.19 Å². The molecular weight excluding hydrogens is 435 g/mol. The molecule has 7 nitrogen and oxygen atoms in total. The zero-order valence-corrected chi connectivity index (χ0v) is 19.5. The molecular formula is C22H31N2O5PS. The zero-order valence-electron chi connectivity index (χ0n) is 17.8. The maximum Gasteiger partial charge on any atom is 0.469 e. The van der Waals surface area contributed by atoms with E-state index in [-0.39, 0.29) is 12.5 Å². The van der Waals surface area contributed by atoms with Crippen molar-refractivity contribution >= 4 is 40.1 Å². The zero-order chi connectivity index (χ0) is 22.3. The third-order valence-corrected chi connectivity index (χ3v) is 6.85. The minimum atomic E-state index is -4.42. The summed E-state index contributed by atoms with van der Waals surface area (Å²) in [5.74, 6) is 0.101. The summed E-state index contributed by atoms with van der Waals surface area (Å²) < 4.78 is 22.3. The topological polar surface area (TPSA) is 115 Å². The van der Waals surface area contributed by atoms with Crippen LogP contribution < -0.4 is 10.5 Å². The van der Waals surface area contributed by atoms with E-state index in [1.807, 2.05) is 6.07 Å². The van der Waals surface area contributed by atoms with E-state index >= 15 is 0 Å². The second-order valence-corrected chi connectivity index (χ2v) is 9.88. The lowest BCUT2D eigenvalue weighted by Crippen LogP contribution is -2.13. The van der Waals surface area contributed by atoms with Gasteiger partial charge in [0.15, 0.2) is 0 Å². The molecule has 0 aliphatic carbocycles. The monoisotopic (exact) mass is 466 g/mol. The highest BCUT2D eigenvalue weighted by molar-refractivity contribution is 7.46. The molecule has 0 aliphatic rings. The predicted octanol–water partition coefficient (Wildman–Crippen LogP) is 5.34. The van der Waals surface area contributed by atoms with Gasteiger partial charge in [0.1, 0.15) is 0 Å². The number of ether oxygens (including phenoxy) is 1. The van der Waals surface area contributed by atoms with Crippen molar-refractivity contribution in [1.82, 2.24) is 4.98 Å². The number of hydrogen-bond donors (Lipinski definition) is 3.